The molecule has 0 atom stereocenters. The molecule has 0 unspecified atom stereocenters. The molecule has 2 aromatic carbocycles. The van der Waals surface area contributed by atoms with Crippen molar-refractivity contribution in [1.82, 2.24) is 0 Å². The Kier molecular flexibility index (Phi) is 7.57. The monoisotopic (exact) mass is 423 g/mol. The molecule has 1 saturated carbocycles. The first-order chi connectivity index (χ1) is 14.9. The van der Waals surface area contributed by atoms with Crippen molar-refractivity contribution in [3.63, 3.8) is 0 Å². The molecule has 1 aliphatic rings. The molecule has 3 rings (SSSR count). The van der Waals surface area contributed by atoms with E-state index < -0.39 is 23.2 Å². The van der Waals surface area contributed by atoms with Gasteiger partial charge >= 0.3 is 5.97 Å². The van der Waals surface area contributed by atoms with E-state index in [0.717, 1.165) is 43.7 Å². The molecule has 3 nitrogen and oxygen atoms in total. The van der Waals surface area contributed by atoms with E-state index >= 15 is 0 Å². The van der Waals surface area contributed by atoms with Crippen LogP contribution in [0.25, 0.3) is 0 Å². The number of rotatable bonds is 7. The molecule has 31 heavy (non-hydrogen) atoms. The fraction of sp³-hybridized carbons (Fsp3) is 0.385. The van der Waals surface area contributed by atoms with Gasteiger partial charge in [-0.15, -0.1) is 0 Å². The number of nitrogens with zero attached hydrogens (tertiary/aromatic N) is 1. The van der Waals surface area contributed by atoms with Gasteiger partial charge in [0.2, 0.25) is 0 Å². The minimum Gasteiger partial charge on any atom is -0.423 e. The second-order valence-corrected chi connectivity index (χ2v) is 8.25. The van der Waals surface area contributed by atoms with Crippen molar-refractivity contribution < 1.29 is 18.3 Å². The van der Waals surface area contributed by atoms with Crippen molar-refractivity contribution in [1.29, 1.82) is 5.26 Å². The molecule has 0 aliphatic heterocycles. The quantitative estimate of drug-likeness (QED) is 0.272. The van der Waals surface area contributed by atoms with Gasteiger partial charge in [0.15, 0.2) is 0 Å². The number of allylic oxidation sites excluding steroid dienone is 1. The Labute approximate surface area is 182 Å². The van der Waals surface area contributed by atoms with Crippen LogP contribution in [0.15, 0.2) is 48.6 Å². The Morgan fingerprint density at radius 2 is 1.74 bits per heavy atom. The third-order valence-corrected chi connectivity index (χ3v) is 6.21. The average Bonchev–Trinajstić information content (AvgIpc) is 2.77. The number of halogens is 2. The van der Waals surface area contributed by atoms with Crippen LogP contribution < -0.4 is 4.74 Å². The van der Waals surface area contributed by atoms with Gasteiger partial charge in [-0.2, -0.15) is 5.26 Å². The molecule has 0 saturated heterocycles. The normalized spacial score (nSPS) is 18.3. The van der Waals surface area contributed by atoms with Crippen LogP contribution in [0.4, 0.5) is 8.78 Å². The molecule has 0 amide bonds. The van der Waals surface area contributed by atoms with Gasteiger partial charge in [0.1, 0.15) is 29.0 Å². The first kappa shape index (κ1) is 22.7. The Balaban J connectivity index is 1.56. The van der Waals surface area contributed by atoms with Gasteiger partial charge in [-0.05, 0) is 74.5 Å². The zero-order valence-electron chi connectivity index (χ0n) is 17.8. The van der Waals surface area contributed by atoms with Gasteiger partial charge in [-0.25, -0.2) is 13.6 Å². The van der Waals surface area contributed by atoms with Crippen molar-refractivity contribution in [2.75, 3.05) is 0 Å². The highest BCUT2D eigenvalue weighted by Gasteiger charge is 2.23. The van der Waals surface area contributed by atoms with Gasteiger partial charge in [-0.3, -0.25) is 0 Å². The van der Waals surface area contributed by atoms with Crippen LogP contribution in [0.3, 0.4) is 0 Å². The minimum absolute atomic E-state index is 0.271. The summed E-state index contributed by atoms with van der Waals surface area (Å²) in [5.41, 5.74) is 2.13. The van der Waals surface area contributed by atoms with Gasteiger partial charge < -0.3 is 4.74 Å². The van der Waals surface area contributed by atoms with Crippen LogP contribution in [-0.2, 0) is 0 Å². The molecule has 1 aliphatic carbocycles. The fourth-order valence-corrected chi connectivity index (χ4v) is 4.14. The average molecular weight is 424 g/mol. The molecule has 0 heterocycles. The van der Waals surface area contributed by atoms with Crippen molar-refractivity contribution in [2.45, 2.75) is 57.8 Å². The summed E-state index contributed by atoms with van der Waals surface area (Å²) in [7, 11) is 0. The highest BCUT2D eigenvalue weighted by molar-refractivity contribution is 5.91. The number of ether oxygens (including phenoxy) is 1. The van der Waals surface area contributed by atoms with E-state index in [1.807, 2.05) is 12.1 Å². The first-order valence-electron chi connectivity index (χ1n) is 10.8. The summed E-state index contributed by atoms with van der Waals surface area (Å²) < 4.78 is 32.5. The van der Waals surface area contributed by atoms with Gasteiger partial charge in [0, 0.05) is 12.1 Å². The second kappa shape index (κ2) is 10.3. The van der Waals surface area contributed by atoms with E-state index in [1.165, 1.54) is 36.5 Å². The van der Waals surface area contributed by atoms with Crippen molar-refractivity contribution in [2.24, 2.45) is 5.92 Å². The molecule has 0 bridgehead atoms. The summed E-state index contributed by atoms with van der Waals surface area (Å²) in [6, 6.07) is 10.3. The lowest BCUT2D eigenvalue weighted by Crippen LogP contribution is -2.14. The van der Waals surface area contributed by atoms with E-state index in [9.17, 15) is 13.6 Å². The Hall–Kier alpha value is -3.00. The van der Waals surface area contributed by atoms with Crippen molar-refractivity contribution >= 4 is 5.97 Å². The highest BCUT2D eigenvalue weighted by atomic mass is 19.1. The third-order valence-electron chi connectivity index (χ3n) is 6.21. The molecule has 0 aromatic heterocycles. The molecular formula is C26H27F2NO2. The van der Waals surface area contributed by atoms with Crippen LogP contribution >= 0.6 is 0 Å². The van der Waals surface area contributed by atoms with Gasteiger partial charge in [-0.1, -0.05) is 31.2 Å². The van der Waals surface area contributed by atoms with Crippen LogP contribution in [-0.4, -0.2) is 5.97 Å². The summed E-state index contributed by atoms with van der Waals surface area (Å²) in [6.45, 7) is 6.25. The van der Waals surface area contributed by atoms with Crippen LogP contribution in [0.2, 0.25) is 0 Å². The summed E-state index contributed by atoms with van der Waals surface area (Å²) in [5.74, 6) is -1.84. The van der Waals surface area contributed by atoms with Crippen LogP contribution in [0.5, 0.6) is 5.75 Å². The fourth-order valence-electron chi connectivity index (χ4n) is 4.14. The molecular weight excluding hydrogens is 396 g/mol. The lowest BCUT2D eigenvalue weighted by Gasteiger charge is -2.29. The molecule has 0 spiro atoms. The summed E-state index contributed by atoms with van der Waals surface area (Å²) in [4.78, 5) is 12.3. The number of esters is 1. The smallest absolute Gasteiger partial charge is 0.343 e. The molecule has 1 fully saturated rings. The summed E-state index contributed by atoms with van der Waals surface area (Å²) in [6.07, 6.45) is 8.09. The second-order valence-electron chi connectivity index (χ2n) is 8.25. The number of hydrogen-bond acceptors (Lipinski definition) is 3. The highest BCUT2D eigenvalue weighted by Crippen LogP contribution is 2.38. The Morgan fingerprint density at radius 1 is 1.13 bits per heavy atom. The number of hydrogen-bond donors (Lipinski definition) is 0. The molecule has 2 aromatic rings. The van der Waals surface area contributed by atoms with Crippen molar-refractivity contribution in [3.8, 4) is 11.8 Å². The predicted octanol–water partition coefficient (Wildman–Crippen LogP) is 7.08. The molecule has 5 heteroatoms. The minimum atomic E-state index is -1.06. The summed E-state index contributed by atoms with van der Waals surface area (Å²) in [5, 5.41) is 8.72. The molecule has 0 radical (unpaired) electrons. The topological polar surface area (TPSA) is 50.1 Å². The van der Waals surface area contributed by atoms with Gasteiger partial charge in [0.25, 0.3) is 0 Å². The largest absolute Gasteiger partial charge is 0.423 e. The van der Waals surface area contributed by atoms with Crippen molar-refractivity contribution in [3.05, 3.63) is 76.9 Å². The summed E-state index contributed by atoms with van der Waals surface area (Å²) >= 11 is 0. The molecule has 0 N–H and O–H groups in total. The van der Waals surface area contributed by atoms with Gasteiger partial charge in [0.05, 0.1) is 5.56 Å². The Bertz CT molecular complexity index is 960. The number of carbonyl (C=O) groups excluding carboxylic acids is 1. The standard InChI is InChI=1S/C26H27F2NO2/c1-3-17(2)4-5-18-6-8-19(9-7-18)20-10-12-21(13-11-20)26(30)31-22-14-24(27)23(16-29)25(28)15-22/h10-15,18-19H,2-9H2,1H3. The predicted molar refractivity (Wildman–Crippen MR) is 116 cm³/mol. The number of carbonyl (C=O) groups is 1. The lowest BCUT2D eigenvalue weighted by molar-refractivity contribution is 0.0734. The maximum Gasteiger partial charge on any atom is 0.343 e. The maximum atomic E-state index is 13.7. The Morgan fingerprint density at radius 3 is 2.29 bits per heavy atom. The first-order valence-corrected chi connectivity index (χ1v) is 10.8. The number of nitriles is 1. The van der Waals surface area contributed by atoms with E-state index in [2.05, 4.69) is 13.5 Å². The van der Waals surface area contributed by atoms with E-state index in [-0.39, 0.29) is 5.75 Å². The third kappa shape index (κ3) is 5.79. The lowest BCUT2D eigenvalue weighted by atomic mass is 9.77. The van der Waals surface area contributed by atoms with E-state index in [4.69, 9.17) is 10.00 Å². The zero-order chi connectivity index (χ0) is 22.4. The SMILES string of the molecule is C=C(CC)CCC1CCC(c2ccc(C(=O)Oc3cc(F)c(C#N)c(F)c3)cc2)CC1. The van der Waals surface area contributed by atoms with Crippen LogP contribution in [0, 0.1) is 28.9 Å². The maximum absolute atomic E-state index is 13.7. The zero-order valence-corrected chi connectivity index (χ0v) is 17.8. The number of benzene rings is 2. The van der Waals surface area contributed by atoms with E-state index in [1.54, 1.807) is 12.1 Å². The van der Waals surface area contributed by atoms with E-state index in [0.29, 0.717) is 11.5 Å². The van der Waals surface area contributed by atoms with Crippen LogP contribution in [0.1, 0.15) is 79.3 Å². The molecule has 162 valence electrons.